The fraction of sp³-hybridized carbons (Fsp3) is 0.0455. The molecular weight excluding hydrogens is 312 g/mol. The smallest absolute Gasteiger partial charge is 0.208 e. The zero-order valence-electron chi connectivity index (χ0n) is 13.5. The molecule has 0 aromatic heterocycles. The number of para-hydroxylation sites is 2. The highest BCUT2D eigenvalue weighted by atomic mass is 16.5. The van der Waals surface area contributed by atoms with Crippen molar-refractivity contribution in [2.24, 2.45) is 0 Å². The molecule has 122 valence electrons. The van der Waals surface area contributed by atoms with Gasteiger partial charge in [-0.05, 0) is 17.7 Å². The summed E-state index contributed by atoms with van der Waals surface area (Å²) in [5.41, 5.74) is 2.20. The van der Waals surface area contributed by atoms with Crippen molar-refractivity contribution in [3.8, 4) is 11.5 Å². The Morgan fingerprint density at radius 3 is 2.04 bits per heavy atom. The number of ether oxygens (including phenoxy) is 2. The summed E-state index contributed by atoms with van der Waals surface area (Å²) >= 11 is 0. The van der Waals surface area contributed by atoms with Gasteiger partial charge in [-0.15, -0.1) is 0 Å². The second-order valence-electron chi connectivity index (χ2n) is 5.73. The Morgan fingerprint density at radius 2 is 1.32 bits per heavy atom. The fourth-order valence-electron chi connectivity index (χ4n) is 2.82. The summed E-state index contributed by atoms with van der Waals surface area (Å²) in [5.74, 6) is 1.05. The number of fused-ring (bicyclic) bond motifs is 1. The first kappa shape index (κ1) is 15.2. The maximum absolute atomic E-state index is 13.1. The van der Waals surface area contributed by atoms with Crippen LogP contribution in [-0.2, 0) is 0 Å². The molecule has 3 aromatic carbocycles. The van der Waals surface area contributed by atoms with Gasteiger partial charge in [0.05, 0.1) is 6.26 Å². The minimum absolute atomic E-state index is 0.101. The van der Waals surface area contributed by atoms with E-state index in [1.807, 2.05) is 72.8 Å². The van der Waals surface area contributed by atoms with E-state index in [0.717, 1.165) is 5.56 Å². The van der Waals surface area contributed by atoms with Crippen LogP contribution in [0.1, 0.15) is 15.9 Å². The minimum Gasteiger partial charge on any atom is -0.473 e. The molecule has 1 heterocycles. The number of hydrogen-bond acceptors (Lipinski definition) is 3. The first-order chi connectivity index (χ1) is 12.3. The lowest BCUT2D eigenvalue weighted by atomic mass is 9.95. The summed E-state index contributed by atoms with van der Waals surface area (Å²) < 4.78 is 11.9. The highest BCUT2D eigenvalue weighted by Crippen LogP contribution is 2.35. The van der Waals surface area contributed by atoms with Crippen LogP contribution in [0.4, 0.5) is 0 Å². The van der Waals surface area contributed by atoms with E-state index in [1.165, 1.54) is 0 Å². The molecule has 0 saturated carbocycles. The van der Waals surface area contributed by atoms with E-state index < -0.39 is 6.10 Å². The quantitative estimate of drug-likeness (QED) is 0.651. The van der Waals surface area contributed by atoms with Gasteiger partial charge in [-0.1, -0.05) is 72.8 Å². The molecule has 3 heteroatoms. The number of benzene rings is 3. The third kappa shape index (κ3) is 3.04. The van der Waals surface area contributed by atoms with Gasteiger partial charge in [0.2, 0.25) is 5.78 Å². The van der Waals surface area contributed by atoms with Gasteiger partial charge in [-0.2, -0.15) is 0 Å². The van der Waals surface area contributed by atoms with Crippen molar-refractivity contribution in [1.82, 2.24) is 0 Å². The Hall–Kier alpha value is -3.33. The first-order valence-corrected chi connectivity index (χ1v) is 8.10. The highest BCUT2D eigenvalue weighted by molar-refractivity contribution is 6.07. The van der Waals surface area contributed by atoms with Crippen LogP contribution in [0.5, 0.6) is 11.5 Å². The Kier molecular flexibility index (Phi) is 4.05. The standard InChI is InChI=1S/C22H16O3/c23-21(17-11-5-2-6-12-17)22-18(16-9-3-1-4-10-16)15-24-19-13-7-8-14-20(19)25-22/h1-15,22H. The Morgan fingerprint density at radius 1 is 0.720 bits per heavy atom. The van der Waals surface area contributed by atoms with E-state index in [1.54, 1.807) is 18.4 Å². The van der Waals surface area contributed by atoms with Crippen molar-refractivity contribution in [3.05, 3.63) is 102 Å². The van der Waals surface area contributed by atoms with Crippen LogP contribution in [0.15, 0.2) is 91.2 Å². The summed E-state index contributed by atoms with van der Waals surface area (Å²) in [6, 6.07) is 26.2. The third-order valence-corrected chi connectivity index (χ3v) is 4.09. The maximum Gasteiger partial charge on any atom is 0.208 e. The molecule has 0 N–H and O–H groups in total. The number of Topliss-reactive ketones (excluding diaryl/α,β-unsaturated/α-hetero) is 1. The molecule has 25 heavy (non-hydrogen) atoms. The second kappa shape index (κ2) is 6.65. The molecule has 1 aliphatic rings. The topological polar surface area (TPSA) is 35.5 Å². The monoisotopic (exact) mass is 328 g/mol. The molecule has 0 fully saturated rings. The summed E-state index contributed by atoms with van der Waals surface area (Å²) in [6.07, 6.45) is 0.848. The third-order valence-electron chi connectivity index (χ3n) is 4.09. The van der Waals surface area contributed by atoms with E-state index in [4.69, 9.17) is 9.47 Å². The summed E-state index contributed by atoms with van der Waals surface area (Å²) in [7, 11) is 0. The van der Waals surface area contributed by atoms with Crippen molar-refractivity contribution in [2.75, 3.05) is 0 Å². The molecular formula is C22H16O3. The van der Waals surface area contributed by atoms with Gasteiger partial charge in [-0.25, -0.2) is 0 Å². The van der Waals surface area contributed by atoms with Crippen LogP contribution < -0.4 is 9.47 Å². The van der Waals surface area contributed by atoms with Crippen molar-refractivity contribution in [1.29, 1.82) is 0 Å². The van der Waals surface area contributed by atoms with E-state index in [2.05, 4.69) is 0 Å². The normalized spacial score (nSPS) is 15.8. The van der Waals surface area contributed by atoms with Crippen LogP contribution in [0.3, 0.4) is 0 Å². The number of ketones is 1. The zero-order chi connectivity index (χ0) is 17.1. The van der Waals surface area contributed by atoms with Crippen LogP contribution in [-0.4, -0.2) is 11.9 Å². The molecule has 0 amide bonds. The number of hydrogen-bond donors (Lipinski definition) is 0. The first-order valence-electron chi connectivity index (χ1n) is 8.10. The molecule has 1 unspecified atom stereocenters. The molecule has 0 saturated heterocycles. The average Bonchev–Trinajstić information content (AvgIpc) is 2.88. The molecule has 0 aliphatic carbocycles. The molecule has 1 aliphatic heterocycles. The predicted molar refractivity (Wildman–Crippen MR) is 96.7 cm³/mol. The lowest BCUT2D eigenvalue weighted by Gasteiger charge is -2.19. The van der Waals surface area contributed by atoms with E-state index in [9.17, 15) is 4.79 Å². The van der Waals surface area contributed by atoms with E-state index in [-0.39, 0.29) is 5.78 Å². The van der Waals surface area contributed by atoms with Crippen LogP contribution in [0, 0.1) is 0 Å². The lowest BCUT2D eigenvalue weighted by molar-refractivity contribution is 0.0863. The molecule has 1 atom stereocenters. The number of carbonyl (C=O) groups is 1. The maximum atomic E-state index is 13.1. The van der Waals surface area contributed by atoms with Gasteiger partial charge in [-0.3, -0.25) is 4.79 Å². The van der Waals surface area contributed by atoms with Crippen molar-refractivity contribution >= 4 is 11.4 Å². The number of carbonyl (C=O) groups excluding carboxylic acids is 1. The van der Waals surface area contributed by atoms with Gasteiger partial charge in [0.15, 0.2) is 17.6 Å². The highest BCUT2D eigenvalue weighted by Gasteiger charge is 2.30. The van der Waals surface area contributed by atoms with Gasteiger partial charge in [0.25, 0.3) is 0 Å². The average molecular weight is 328 g/mol. The van der Waals surface area contributed by atoms with E-state index >= 15 is 0 Å². The molecule has 0 spiro atoms. The van der Waals surface area contributed by atoms with E-state index in [0.29, 0.717) is 22.6 Å². The molecule has 3 aromatic rings. The molecule has 0 bridgehead atoms. The Labute approximate surface area is 146 Å². The molecule has 3 nitrogen and oxygen atoms in total. The minimum atomic E-state index is -0.770. The summed E-state index contributed by atoms with van der Waals surface area (Å²) in [5, 5.41) is 0. The van der Waals surface area contributed by atoms with Gasteiger partial charge in [0.1, 0.15) is 0 Å². The van der Waals surface area contributed by atoms with Crippen LogP contribution >= 0.6 is 0 Å². The predicted octanol–water partition coefficient (Wildman–Crippen LogP) is 4.75. The summed E-state index contributed by atoms with van der Waals surface area (Å²) in [4.78, 5) is 13.1. The largest absolute Gasteiger partial charge is 0.473 e. The zero-order valence-corrected chi connectivity index (χ0v) is 13.5. The van der Waals surface area contributed by atoms with Crippen molar-refractivity contribution < 1.29 is 14.3 Å². The SMILES string of the molecule is O=C(c1ccccc1)C1Oc2ccccc2OC=C1c1ccccc1. The number of rotatable bonds is 3. The summed E-state index contributed by atoms with van der Waals surface area (Å²) in [6.45, 7) is 0. The molecule has 4 rings (SSSR count). The fourth-order valence-corrected chi connectivity index (χ4v) is 2.82. The second-order valence-corrected chi connectivity index (χ2v) is 5.73. The van der Waals surface area contributed by atoms with Crippen molar-refractivity contribution in [2.45, 2.75) is 6.10 Å². The van der Waals surface area contributed by atoms with Gasteiger partial charge in [0, 0.05) is 11.1 Å². The van der Waals surface area contributed by atoms with Crippen LogP contribution in [0.2, 0.25) is 0 Å². The Bertz CT molecular complexity index is 914. The van der Waals surface area contributed by atoms with Crippen LogP contribution in [0.25, 0.3) is 5.57 Å². The Balaban J connectivity index is 1.80. The lowest BCUT2D eigenvalue weighted by Crippen LogP contribution is -2.28. The van der Waals surface area contributed by atoms with Gasteiger partial charge < -0.3 is 9.47 Å². The van der Waals surface area contributed by atoms with Crippen molar-refractivity contribution in [3.63, 3.8) is 0 Å². The molecule has 0 radical (unpaired) electrons. The van der Waals surface area contributed by atoms with Gasteiger partial charge >= 0.3 is 0 Å².